The van der Waals surface area contributed by atoms with Crippen molar-refractivity contribution in [1.29, 1.82) is 0 Å². The van der Waals surface area contributed by atoms with E-state index in [1.54, 1.807) is 18.3 Å². The van der Waals surface area contributed by atoms with Crippen molar-refractivity contribution >= 4 is 39.6 Å². The smallest absolute Gasteiger partial charge is 0.240 e. The van der Waals surface area contributed by atoms with Crippen molar-refractivity contribution in [3.8, 4) is 0 Å². The number of nitrogens with one attached hydrogen (secondary N) is 2. The lowest BCUT2D eigenvalue weighted by Gasteiger charge is -2.04. The van der Waals surface area contributed by atoms with E-state index in [9.17, 15) is 9.59 Å². The fourth-order valence-corrected chi connectivity index (χ4v) is 2.02. The molecule has 0 saturated carbocycles. The van der Waals surface area contributed by atoms with Gasteiger partial charge in [-0.3, -0.25) is 9.59 Å². The normalized spacial score (nSPS) is 10.5. The SMILES string of the molecule is O=C(CCC(=O)Nc1ccc(Br)cc1)N/N=C/c1ccccc1. The lowest BCUT2D eigenvalue weighted by atomic mass is 10.2. The van der Waals surface area contributed by atoms with Crippen LogP contribution in [0.15, 0.2) is 64.2 Å². The van der Waals surface area contributed by atoms with E-state index < -0.39 is 0 Å². The molecule has 0 radical (unpaired) electrons. The first-order valence-corrected chi connectivity index (χ1v) is 7.85. The average Bonchev–Trinajstić information content (AvgIpc) is 2.56. The number of halogens is 1. The van der Waals surface area contributed by atoms with Crippen LogP contribution in [0.3, 0.4) is 0 Å². The van der Waals surface area contributed by atoms with Crippen molar-refractivity contribution in [2.45, 2.75) is 12.8 Å². The Labute approximate surface area is 142 Å². The second-order valence-electron chi connectivity index (χ2n) is 4.76. The number of carbonyl (C=O) groups is 2. The fraction of sp³-hybridized carbons (Fsp3) is 0.118. The van der Waals surface area contributed by atoms with Gasteiger partial charge in [-0.25, -0.2) is 5.43 Å². The van der Waals surface area contributed by atoms with Gasteiger partial charge < -0.3 is 5.32 Å². The van der Waals surface area contributed by atoms with Crippen molar-refractivity contribution in [2.75, 3.05) is 5.32 Å². The largest absolute Gasteiger partial charge is 0.326 e. The molecule has 0 aliphatic carbocycles. The quantitative estimate of drug-likeness (QED) is 0.602. The summed E-state index contributed by atoms with van der Waals surface area (Å²) in [5.74, 6) is -0.516. The van der Waals surface area contributed by atoms with Gasteiger partial charge in [-0.1, -0.05) is 46.3 Å². The highest BCUT2D eigenvalue weighted by Crippen LogP contribution is 2.14. The zero-order valence-corrected chi connectivity index (χ0v) is 13.9. The van der Waals surface area contributed by atoms with E-state index >= 15 is 0 Å². The Morgan fingerprint density at radius 3 is 2.30 bits per heavy atom. The maximum atomic E-state index is 11.8. The van der Waals surface area contributed by atoms with Gasteiger partial charge in [0.25, 0.3) is 0 Å². The second kappa shape index (κ2) is 8.85. The van der Waals surface area contributed by atoms with Crippen LogP contribution in [0, 0.1) is 0 Å². The number of carbonyl (C=O) groups excluding carboxylic acids is 2. The van der Waals surface area contributed by atoms with Crippen LogP contribution < -0.4 is 10.7 Å². The highest BCUT2D eigenvalue weighted by Gasteiger charge is 2.06. The number of hydrogen-bond donors (Lipinski definition) is 2. The number of rotatable bonds is 6. The van der Waals surface area contributed by atoms with E-state index in [0.29, 0.717) is 5.69 Å². The van der Waals surface area contributed by atoms with Crippen LogP contribution >= 0.6 is 15.9 Å². The minimum Gasteiger partial charge on any atom is -0.326 e. The first kappa shape index (κ1) is 16.9. The molecule has 0 fully saturated rings. The maximum Gasteiger partial charge on any atom is 0.240 e. The summed E-state index contributed by atoms with van der Waals surface area (Å²) in [7, 11) is 0. The van der Waals surface area contributed by atoms with E-state index in [1.165, 1.54) is 0 Å². The van der Waals surface area contributed by atoms with Crippen molar-refractivity contribution in [2.24, 2.45) is 5.10 Å². The lowest BCUT2D eigenvalue weighted by Crippen LogP contribution is -2.20. The molecule has 2 aromatic rings. The molecule has 2 aromatic carbocycles. The van der Waals surface area contributed by atoms with Gasteiger partial charge in [-0.15, -0.1) is 0 Å². The molecule has 2 rings (SSSR count). The van der Waals surface area contributed by atoms with Crippen LogP contribution in [0.4, 0.5) is 5.69 Å². The summed E-state index contributed by atoms with van der Waals surface area (Å²) in [5, 5.41) is 6.58. The van der Waals surface area contributed by atoms with E-state index in [4.69, 9.17) is 0 Å². The van der Waals surface area contributed by atoms with Crippen LogP contribution in [-0.2, 0) is 9.59 Å². The molecule has 0 aliphatic heterocycles. The Morgan fingerprint density at radius 1 is 0.957 bits per heavy atom. The summed E-state index contributed by atoms with van der Waals surface area (Å²) < 4.78 is 0.936. The molecule has 0 saturated heterocycles. The van der Waals surface area contributed by atoms with E-state index in [2.05, 4.69) is 31.8 Å². The Kier molecular flexibility index (Phi) is 6.50. The number of benzene rings is 2. The van der Waals surface area contributed by atoms with Gasteiger partial charge in [0.15, 0.2) is 0 Å². The molecule has 0 aliphatic rings. The van der Waals surface area contributed by atoms with Crippen LogP contribution in [0.5, 0.6) is 0 Å². The molecule has 23 heavy (non-hydrogen) atoms. The highest BCUT2D eigenvalue weighted by atomic mass is 79.9. The Morgan fingerprint density at radius 2 is 1.61 bits per heavy atom. The summed E-state index contributed by atoms with van der Waals surface area (Å²) in [4.78, 5) is 23.4. The number of hydrogen-bond acceptors (Lipinski definition) is 3. The monoisotopic (exact) mass is 373 g/mol. The van der Waals surface area contributed by atoms with Gasteiger partial charge in [-0.2, -0.15) is 5.10 Å². The molecule has 0 unspecified atom stereocenters. The predicted molar refractivity (Wildman–Crippen MR) is 94.2 cm³/mol. The van der Waals surface area contributed by atoms with E-state index in [1.807, 2.05) is 42.5 Å². The summed E-state index contributed by atoms with van der Waals surface area (Å²) in [6.07, 6.45) is 1.73. The topological polar surface area (TPSA) is 70.6 Å². The summed E-state index contributed by atoms with van der Waals surface area (Å²) in [6.45, 7) is 0. The standard InChI is InChI=1S/C17H16BrN3O2/c18-14-6-8-15(9-7-14)20-16(22)10-11-17(23)21-19-12-13-4-2-1-3-5-13/h1-9,12H,10-11H2,(H,20,22)(H,21,23)/b19-12+. The van der Waals surface area contributed by atoms with Crippen molar-refractivity contribution in [1.82, 2.24) is 5.43 Å². The van der Waals surface area contributed by atoms with Gasteiger partial charge in [0, 0.05) is 23.0 Å². The Balaban J connectivity index is 1.70. The van der Waals surface area contributed by atoms with Crippen molar-refractivity contribution in [3.63, 3.8) is 0 Å². The summed E-state index contributed by atoms with van der Waals surface area (Å²) in [6, 6.07) is 16.7. The molecular weight excluding hydrogens is 358 g/mol. The molecule has 0 bridgehead atoms. The summed E-state index contributed by atoms with van der Waals surface area (Å²) >= 11 is 3.32. The molecular formula is C17H16BrN3O2. The van der Waals surface area contributed by atoms with Gasteiger partial charge >= 0.3 is 0 Å². The highest BCUT2D eigenvalue weighted by molar-refractivity contribution is 9.10. The number of nitrogens with zero attached hydrogens (tertiary/aromatic N) is 1. The number of anilines is 1. The van der Waals surface area contributed by atoms with Gasteiger partial charge in [0.1, 0.15) is 0 Å². The third kappa shape index (κ3) is 6.44. The fourth-order valence-electron chi connectivity index (χ4n) is 1.76. The maximum absolute atomic E-state index is 11.8. The minimum absolute atomic E-state index is 0.0779. The second-order valence-corrected chi connectivity index (χ2v) is 5.67. The molecule has 0 spiro atoms. The molecule has 6 heteroatoms. The van der Waals surface area contributed by atoms with Crippen LogP contribution in [-0.4, -0.2) is 18.0 Å². The Bertz CT molecular complexity index is 685. The minimum atomic E-state index is -0.303. The number of amides is 2. The predicted octanol–water partition coefficient (Wildman–Crippen LogP) is 3.32. The zero-order valence-electron chi connectivity index (χ0n) is 12.3. The third-order valence-electron chi connectivity index (χ3n) is 2.91. The van der Waals surface area contributed by atoms with Crippen LogP contribution in [0.25, 0.3) is 0 Å². The van der Waals surface area contributed by atoms with Crippen molar-refractivity contribution < 1.29 is 9.59 Å². The van der Waals surface area contributed by atoms with Crippen LogP contribution in [0.2, 0.25) is 0 Å². The molecule has 0 atom stereocenters. The van der Waals surface area contributed by atoms with Crippen molar-refractivity contribution in [3.05, 3.63) is 64.6 Å². The van der Waals surface area contributed by atoms with Gasteiger partial charge in [0.2, 0.25) is 11.8 Å². The first-order chi connectivity index (χ1) is 11.1. The Hall–Kier alpha value is -2.47. The molecule has 5 nitrogen and oxygen atoms in total. The third-order valence-corrected chi connectivity index (χ3v) is 3.44. The average molecular weight is 374 g/mol. The molecule has 0 heterocycles. The summed E-state index contributed by atoms with van der Waals surface area (Å²) in [5.41, 5.74) is 3.99. The van der Waals surface area contributed by atoms with Gasteiger partial charge in [-0.05, 0) is 29.8 Å². The van der Waals surface area contributed by atoms with E-state index in [-0.39, 0.29) is 24.7 Å². The number of hydrazone groups is 1. The molecule has 0 aromatic heterocycles. The molecule has 2 N–H and O–H groups in total. The first-order valence-electron chi connectivity index (χ1n) is 7.06. The molecule has 118 valence electrons. The lowest BCUT2D eigenvalue weighted by molar-refractivity contribution is -0.124. The van der Waals surface area contributed by atoms with E-state index in [0.717, 1.165) is 10.0 Å². The van der Waals surface area contributed by atoms with Gasteiger partial charge in [0.05, 0.1) is 6.21 Å². The van der Waals surface area contributed by atoms with Crippen LogP contribution in [0.1, 0.15) is 18.4 Å². The molecule has 2 amide bonds. The zero-order chi connectivity index (χ0) is 16.5.